The number of aromatic nitrogens is 3. The summed E-state index contributed by atoms with van der Waals surface area (Å²) in [6.07, 6.45) is 5.11. The number of hydrogen-bond donors (Lipinski definition) is 2. The normalized spacial score (nSPS) is 13.4. The number of carbonyl (C=O) groups excluding carboxylic acids is 1. The smallest absolute Gasteiger partial charge is 0.221 e. The zero-order valence-corrected chi connectivity index (χ0v) is 13.4. The van der Waals surface area contributed by atoms with Gasteiger partial charge in [-0.1, -0.05) is 6.42 Å². The van der Waals surface area contributed by atoms with E-state index in [-0.39, 0.29) is 30.7 Å². The van der Waals surface area contributed by atoms with Crippen molar-refractivity contribution in [2.24, 2.45) is 0 Å². The highest BCUT2D eigenvalue weighted by Crippen LogP contribution is 2.14. The topological polar surface area (TPSA) is 71.8 Å². The number of aryl methyl sites for hydroxylation is 1. The maximum Gasteiger partial charge on any atom is 0.221 e. The first-order valence-corrected chi connectivity index (χ1v) is 6.63. The van der Waals surface area contributed by atoms with E-state index in [1.165, 1.54) is 19.3 Å². The number of fused-ring (bicyclic) bond motifs is 1. The highest BCUT2D eigenvalue weighted by molar-refractivity contribution is 5.85. The van der Waals surface area contributed by atoms with Gasteiger partial charge in [-0.15, -0.1) is 35.0 Å². The summed E-state index contributed by atoms with van der Waals surface area (Å²) >= 11 is 0. The summed E-state index contributed by atoms with van der Waals surface area (Å²) in [5, 5.41) is 14.2. The molecule has 0 aromatic carbocycles. The van der Waals surface area contributed by atoms with Crippen molar-refractivity contribution in [1.29, 1.82) is 0 Å². The lowest BCUT2D eigenvalue weighted by Gasteiger charge is -2.08. The van der Waals surface area contributed by atoms with E-state index < -0.39 is 0 Å². The van der Waals surface area contributed by atoms with E-state index in [9.17, 15) is 4.79 Å². The van der Waals surface area contributed by atoms with Gasteiger partial charge in [0.05, 0.1) is 6.54 Å². The van der Waals surface area contributed by atoms with Crippen molar-refractivity contribution in [1.82, 2.24) is 25.4 Å². The molecule has 0 bridgehead atoms. The van der Waals surface area contributed by atoms with E-state index in [1.807, 2.05) is 7.05 Å². The highest BCUT2D eigenvalue weighted by atomic mass is 35.5. The third-order valence-corrected chi connectivity index (χ3v) is 3.23. The van der Waals surface area contributed by atoms with Crippen LogP contribution in [0.15, 0.2) is 0 Å². The lowest BCUT2D eigenvalue weighted by molar-refractivity contribution is -0.121. The number of halogens is 2. The maximum absolute atomic E-state index is 11.5. The van der Waals surface area contributed by atoms with Crippen molar-refractivity contribution >= 4 is 30.7 Å². The van der Waals surface area contributed by atoms with Crippen LogP contribution in [0.1, 0.15) is 37.3 Å². The minimum atomic E-state index is 0. The Hall–Kier alpha value is -0.850. The maximum atomic E-state index is 11.5. The fraction of sp³-hybridized carbons (Fsp3) is 0.750. The first kappa shape index (κ1) is 19.1. The van der Waals surface area contributed by atoms with Crippen molar-refractivity contribution in [3.63, 3.8) is 0 Å². The molecule has 0 fully saturated rings. The minimum absolute atomic E-state index is 0. The molecule has 0 aliphatic carbocycles. The van der Waals surface area contributed by atoms with Gasteiger partial charge >= 0.3 is 0 Å². The molecule has 0 unspecified atom stereocenters. The molecule has 1 amide bonds. The Bertz CT molecular complexity index is 411. The molecular formula is C12H23Cl2N5O. The summed E-state index contributed by atoms with van der Waals surface area (Å²) < 4.78 is 2.16. The predicted octanol–water partition coefficient (Wildman–Crippen LogP) is 1.07. The van der Waals surface area contributed by atoms with Gasteiger partial charge in [-0.3, -0.25) is 4.79 Å². The van der Waals surface area contributed by atoms with Gasteiger partial charge in [0, 0.05) is 25.9 Å². The van der Waals surface area contributed by atoms with Crippen LogP contribution >= 0.6 is 24.8 Å². The van der Waals surface area contributed by atoms with Gasteiger partial charge in [-0.05, 0) is 19.9 Å². The molecule has 0 atom stereocenters. The number of nitrogens with zero attached hydrogens (tertiary/aromatic N) is 3. The summed E-state index contributed by atoms with van der Waals surface area (Å²) in [5.74, 6) is 1.99. The fourth-order valence-corrected chi connectivity index (χ4v) is 2.18. The molecule has 1 aromatic heterocycles. The fourth-order valence-electron chi connectivity index (χ4n) is 2.18. The van der Waals surface area contributed by atoms with Gasteiger partial charge in [0.1, 0.15) is 5.82 Å². The number of amides is 1. The third kappa shape index (κ3) is 5.26. The van der Waals surface area contributed by atoms with Gasteiger partial charge in [-0.25, -0.2) is 0 Å². The Morgan fingerprint density at radius 3 is 2.80 bits per heavy atom. The molecule has 116 valence electrons. The first-order valence-electron chi connectivity index (χ1n) is 6.63. The summed E-state index contributed by atoms with van der Waals surface area (Å²) in [5.41, 5.74) is 0. The lowest BCUT2D eigenvalue weighted by Crippen LogP contribution is -2.27. The average Bonchev–Trinajstić information content (AvgIpc) is 2.61. The van der Waals surface area contributed by atoms with E-state index in [2.05, 4.69) is 25.4 Å². The van der Waals surface area contributed by atoms with Crippen molar-refractivity contribution in [3.05, 3.63) is 11.6 Å². The van der Waals surface area contributed by atoms with Crippen LogP contribution in [0.2, 0.25) is 0 Å². The molecule has 2 N–H and O–H groups in total. The minimum Gasteiger partial charge on any atom is -0.349 e. The van der Waals surface area contributed by atoms with Crippen LogP contribution < -0.4 is 10.6 Å². The van der Waals surface area contributed by atoms with E-state index in [0.717, 1.165) is 24.6 Å². The Balaban J connectivity index is 0.00000180. The van der Waals surface area contributed by atoms with Crippen LogP contribution in [0.3, 0.4) is 0 Å². The molecule has 1 aromatic rings. The van der Waals surface area contributed by atoms with Crippen molar-refractivity contribution in [2.75, 3.05) is 13.6 Å². The van der Waals surface area contributed by atoms with Crippen molar-refractivity contribution in [3.8, 4) is 0 Å². The molecule has 0 saturated heterocycles. The summed E-state index contributed by atoms with van der Waals surface area (Å²) in [6.45, 7) is 2.16. The monoisotopic (exact) mass is 323 g/mol. The molecule has 2 heterocycles. The van der Waals surface area contributed by atoms with Gasteiger partial charge in [0.15, 0.2) is 5.82 Å². The molecule has 1 aliphatic heterocycles. The Kier molecular flexibility index (Phi) is 9.54. The standard InChI is InChI=1S/C12H21N5O.2ClH/c1-13-7-6-12(18)14-9-11-16-15-10-5-3-2-4-8-17(10)11;;/h13H,2-9H2,1H3,(H,14,18);2*1H. The van der Waals surface area contributed by atoms with E-state index in [1.54, 1.807) is 0 Å². The number of rotatable bonds is 5. The van der Waals surface area contributed by atoms with E-state index in [4.69, 9.17) is 0 Å². The second kappa shape index (κ2) is 9.96. The number of nitrogens with one attached hydrogen (secondary N) is 2. The van der Waals surface area contributed by atoms with Crippen LogP contribution in [-0.2, 0) is 24.3 Å². The van der Waals surface area contributed by atoms with Crippen molar-refractivity contribution in [2.45, 2.75) is 45.2 Å². The van der Waals surface area contributed by atoms with Gasteiger partial charge < -0.3 is 15.2 Å². The Morgan fingerprint density at radius 2 is 2.05 bits per heavy atom. The average molecular weight is 324 g/mol. The molecule has 0 spiro atoms. The molecule has 8 heteroatoms. The zero-order chi connectivity index (χ0) is 12.8. The lowest BCUT2D eigenvalue weighted by atomic mass is 10.2. The van der Waals surface area contributed by atoms with Crippen LogP contribution in [0, 0.1) is 0 Å². The van der Waals surface area contributed by atoms with E-state index in [0.29, 0.717) is 19.5 Å². The van der Waals surface area contributed by atoms with Gasteiger partial charge in [-0.2, -0.15) is 0 Å². The van der Waals surface area contributed by atoms with Crippen LogP contribution in [0.5, 0.6) is 0 Å². The molecule has 0 saturated carbocycles. The Morgan fingerprint density at radius 1 is 1.25 bits per heavy atom. The quantitative estimate of drug-likeness (QED) is 0.850. The summed E-state index contributed by atoms with van der Waals surface area (Å²) in [4.78, 5) is 11.5. The molecule has 20 heavy (non-hydrogen) atoms. The largest absolute Gasteiger partial charge is 0.349 e. The summed E-state index contributed by atoms with van der Waals surface area (Å²) in [7, 11) is 1.84. The predicted molar refractivity (Wildman–Crippen MR) is 82.5 cm³/mol. The second-order valence-corrected chi connectivity index (χ2v) is 4.63. The van der Waals surface area contributed by atoms with Crippen LogP contribution in [-0.4, -0.2) is 34.3 Å². The zero-order valence-electron chi connectivity index (χ0n) is 11.7. The summed E-state index contributed by atoms with van der Waals surface area (Å²) in [6, 6.07) is 0. The third-order valence-electron chi connectivity index (χ3n) is 3.23. The van der Waals surface area contributed by atoms with Gasteiger partial charge in [0.2, 0.25) is 5.91 Å². The number of hydrogen-bond acceptors (Lipinski definition) is 4. The first-order chi connectivity index (χ1) is 8.81. The molecule has 1 aliphatic rings. The van der Waals surface area contributed by atoms with E-state index >= 15 is 0 Å². The molecule has 6 nitrogen and oxygen atoms in total. The SMILES string of the molecule is CNCCC(=O)NCc1nnc2n1CCCCC2.Cl.Cl. The second-order valence-electron chi connectivity index (χ2n) is 4.63. The van der Waals surface area contributed by atoms with Gasteiger partial charge in [0.25, 0.3) is 0 Å². The molecule has 2 rings (SSSR count). The van der Waals surface area contributed by atoms with Crippen molar-refractivity contribution < 1.29 is 4.79 Å². The van der Waals surface area contributed by atoms with Crippen LogP contribution in [0.25, 0.3) is 0 Å². The molecule has 0 radical (unpaired) electrons. The molecular weight excluding hydrogens is 301 g/mol. The highest BCUT2D eigenvalue weighted by Gasteiger charge is 2.14. The Labute approximate surface area is 131 Å². The van der Waals surface area contributed by atoms with Crippen LogP contribution in [0.4, 0.5) is 0 Å². The number of carbonyl (C=O) groups is 1.